The lowest BCUT2D eigenvalue weighted by molar-refractivity contribution is 0.661. The highest BCUT2D eigenvalue weighted by atomic mass is 32.1. The third kappa shape index (κ3) is 5.05. The molecule has 10 aromatic carbocycles. The largest absolute Gasteiger partial charge is 0.309 e. The summed E-state index contributed by atoms with van der Waals surface area (Å²) in [7, 11) is 0. The smallest absolute Gasteiger partial charge is 0.0726 e. The average Bonchev–Trinajstić information content (AvgIpc) is 4.06. The SMILES string of the molecule is CC1(C)c2cc(-c3ccccc3)ccc2-c2c1cc1sc3ccccc3c1c2N(c1ccc(-c2ccccc2)cc1)c1ccc2c(c1)C1(c3ccccc3-c3ccccc31)c1ccccc1-2. The summed E-state index contributed by atoms with van der Waals surface area (Å²) in [6.07, 6.45) is 0. The summed E-state index contributed by atoms with van der Waals surface area (Å²) in [5.74, 6) is 0. The van der Waals surface area contributed by atoms with Gasteiger partial charge in [0.05, 0.1) is 11.1 Å². The van der Waals surface area contributed by atoms with E-state index in [1.807, 2.05) is 11.3 Å². The van der Waals surface area contributed by atoms with Crippen molar-refractivity contribution in [1.82, 2.24) is 0 Å². The summed E-state index contributed by atoms with van der Waals surface area (Å²) in [6, 6.07) is 84.4. The van der Waals surface area contributed by atoms with Gasteiger partial charge in [-0.2, -0.15) is 0 Å². The Kier molecular flexibility index (Phi) is 7.89. The predicted octanol–water partition coefficient (Wildman–Crippen LogP) is 17.5. The van der Waals surface area contributed by atoms with Crippen LogP contribution < -0.4 is 4.90 Å². The fourth-order valence-corrected chi connectivity index (χ4v) is 13.3. The molecule has 310 valence electrons. The van der Waals surface area contributed by atoms with E-state index >= 15 is 0 Å². The molecule has 0 bridgehead atoms. The van der Waals surface area contributed by atoms with Crippen molar-refractivity contribution in [2.24, 2.45) is 0 Å². The van der Waals surface area contributed by atoms with Crippen LogP contribution in [0.3, 0.4) is 0 Å². The van der Waals surface area contributed by atoms with Crippen molar-refractivity contribution in [1.29, 1.82) is 0 Å². The molecular formula is C64H43NS. The molecule has 0 aliphatic heterocycles. The molecule has 1 heterocycles. The molecule has 1 spiro atoms. The monoisotopic (exact) mass is 857 g/mol. The molecular weight excluding hydrogens is 815 g/mol. The van der Waals surface area contributed by atoms with E-state index < -0.39 is 5.41 Å². The van der Waals surface area contributed by atoms with E-state index in [1.165, 1.54) is 115 Å². The Hall–Kier alpha value is -7.78. The first-order valence-corrected chi connectivity index (χ1v) is 23.9. The highest BCUT2D eigenvalue weighted by Crippen LogP contribution is 2.64. The van der Waals surface area contributed by atoms with Crippen LogP contribution in [-0.2, 0) is 10.8 Å². The highest BCUT2D eigenvalue weighted by molar-refractivity contribution is 7.26. The maximum Gasteiger partial charge on any atom is 0.0726 e. The molecule has 0 saturated carbocycles. The van der Waals surface area contributed by atoms with Crippen LogP contribution in [0.1, 0.15) is 47.2 Å². The molecule has 0 N–H and O–H groups in total. The van der Waals surface area contributed by atoms with Crippen LogP contribution in [0.2, 0.25) is 0 Å². The molecule has 0 radical (unpaired) electrons. The van der Waals surface area contributed by atoms with Gasteiger partial charge in [0.15, 0.2) is 0 Å². The second-order valence-electron chi connectivity index (χ2n) is 18.7. The molecule has 14 rings (SSSR count). The number of anilines is 3. The summed E-state index contributed by atoms with van der Waals surface area (Å²) in [5, 5.41) is 2.59. The number of fused-ring (bicyclic) bond motifs is 16. The second-order valence-corrected chi connectivity index (χ2v) is 19.8. The van der Waals surface area contributed by atoms with E-state index in [1.54, 1.807) is 0 Å². The lowest BCUT2D eigenvalue weighted by Gasteiger charge is -2.33. The van der Waals surface area contributed by atoms with Gasteiger partial charge in [0.25, 0.3) is 0 Å². The van der Waals surface area contributed by atoms with Gasteiger partial charge in [0.1, 0.15) is 0 Å². The van der Waals surface area contributed by atoms with Crippen LogP contribution in [0.5, 0.6) is 0 Å². The number of nitrogens with zero attached hydrogens (tertiary/aromatic N) is 1. The van der Waals surface area contributed by atoms with Gasteiger partial charge in [0.2, 0.25) is 0 Å². The first kappa shape index (κ1) is 37.6. The van der Waals surface area contributed by atoms with Gasteiger partial charge in [-0.25, -0.2) is 0 Å². The van der Waals surface area contributed by atoms with Crippen LogP contribution in [0.25, 0.3) is 75.8 Å². The van der Waals surface area contributed by atoms with Gasteiger partial charge < -0.3 is 4.90 Å². The van der Waals surface area contributed by atoms with Crippen molar-refractivity contribution in [3.63, 3.8) is 0 Å². The van der Waals surface area contributed by atoms with E-state index in [0.717, 1.165) is 11.4 Å². The van der Waals surface area contributed by atoms with E-state index in [2.05, 4.69) is 243 Å². The lowest BCUT2D eigenvalue weighted by Crippen LogP contribution is -2.26. The molecule has 0 fully saturated rings. The van der Waals surface area contributed by atoms with Crippen LogP contribution in [0.15, 0.2) is 224 Å². The molecule has 0 unspecified atom stereocenters. The second kappa shape index (κ2) is 13.9. The average molecular weight is 858 g/mol. The molecule has 11 aromatic rings. The number of rotatable bonds is 5. The predicted molar refractivity (Wildman–Crippen MR) is 279 cm³/mol. The topological polar surface area (TPSA) is 3.24 Å². The maximum atomic E-state index is 2.62. The lowest BCUT2D eigenvalue weighted by atomic mass is 9.70. The van der Waals surface area contributed by atoms with Crippen molar-refractivity contribution in [2.75, 3.05) is 4.90 Å². The van der Waals surface area contributed by atoms with Crippen molar-refractivity contribution < 1.29 is 0 Å². The summed E-state index contributed by atoms with van der Waals surface area (Å²) < 4.78 is 2.61. The van der Waals surface area contributed by atoms with E-state index in [9.17, 15) is 0 Å². The molecule has 3 aliphatic carbocycles. The Bertz CT molecular complexity index is 3720. The number of benzene rings is 10. The third-order valence-corrected chi connectivity index (χ3v) is 16.2. The third-order valence-electron chi connectivity index (χ3n) is 15.1. The minimum absolute atomic E-state index is 0.252. The Morgan fingerprint density at radius 2 is 0.848 bits per heavy atom. The van der Waals surface area contributed by atoms with Gasteiger partial charge in [-0.05, 0) is 126 Å². The molecule has 1 aromatic heterocycles. The van der Waals surface area contributed by atoms with E-state index in [4.69, 9.17) is 0 Å². The van der Waals surface area contributed by atoms with E-state index in [0.29, 0.717) is 0 Å². The summed E-state index contributed by atoms with van der Waals surface area (Å²) >= 11 is 1.91. The fourth-order valence-electron chi connectivity index (χ4n) is 12.2. The van der Waals surface area contributed by atoms with Crippen molar-refractivity contribution in [2.45, 2.75) is 24.7 Å². The van der Waals surface area contributed by atoms with Gasteiger partial charge >= 0.3 is 0 Å². The van der Waals surface area contributed by atoms with Crippen LogP contribution in [0.4, 0.5) is 17.1 Å². The zero-order valence-electron chi connectivity index (χ0n) is 36.7. The normalized spacial score (nSPS) is 14.2. The zero-order chi connectivity index (χ0) is 43.7. The standard InChI is InChI=1S/C64H43NS/c1-63(2)55-37-43(41-19-7-4-8-20-41)31-35-50(55)60-57(63)39-59-61(51-24-12-16-28-58(51)66-59)62(60)65(44-32-29-42(30-33-44)40-17-5-3-6-18-40)45-34-36-49-48-23-11-15-27-54(48)64(56(49)38-45)52-25-13-9-21-46(52)47-22-10-14-26-53(47)64/h3-39H,1-2H3. The first-order valence-electron chi connectivity index (χ1n) is 23.1. The molecule has 2 heteroatoms. The molecule has 1 nitrogen and oxygen atoms in total. The van der Waals surface area contributed by atoms with E-state index in [-0.39, 0.29) is 5.41 Å². The summed E-state index contributed by atoms with van der Waals surface area (Å²) in [5.41, 5.74) is 23.7. The van der Waals surface area contributed by atoms with Gasteiger partial charge in [0, 0.05) is 42.5 Å². The number of hydrogen-bond donors (Lipinski definition) is 0. The summed E-state index contributed by atoms with van der Waals surface area (Å²) in [6.45, 7) is 4.86. The van der Waals surface area contributed by atoms with Crippen molar-refractivity contribution >= 4 is 48.6 Å². The quantitative estimate of drug-likeness (QED) is 0.167. The van der Waals surface area contributed by atoms with Gasteiger partial charge in [-0.15, -0.1) is 11.3 Å². The Balaban J connectivity index is 1.09. The minimum atomic E-state index is -0.469. The Labute approximate surface area is 389 Å². The van der Waals surface area contributed by atoms with Gasteiger partial charge in [-0.1, -0.05) is 196 Å². The van der Waals surface area contributed by atoms with Crippen molar-refractivity contribution in [3.8, 4) is 55.6 Å². The van der Waals surface area contributed by atoms with Crippen LogP contribution >= 0.6 is 11.3 Å². The van der Waals surface area contributed by atoms with Crippen molar-refractivity contribution in [3.05, 3.63) is 258 Å². The number of hydrogen-bond acceptors (Lipinski definition) is 2. The summed E-state index contributed by atoms with van der Waals surface area (Å²) in [4.78, 5) is 2.62. The van der Waals surface area contributed by atoms with Crippen LogP contribution in [-0.4, -0.2) is 0 Å². The maximum absolute atomic E-state index is 2.62. The number of thiophene rings is 1. The zero-order valence-corrected chi connectivity index (χ0v) is 37.5. The van der Waals surface area contributed by atoms with Gasteiger partial charge in [-0.3, -0.25) is 0 Å². The molecule has 0 amide bonds. The molecule has 3 aliphatic rings. The molecule has 0 saturated heterocycles. The molecule has 0 atom stereocenters. The minimum Gasteiger partial charge on any atom is -0.309 e. The Morgan fingerprint density at radius 1 is 0.348 bits per heavy atom. The van der Waals surface area contributed by atoms with Crippen LogP contribution in [0, 0.1) is 0 Å². The molecule has 66 heavy (non-hydrogen) atoms. The fraction of sp³-hybridized carbons (Fsp3) is 0.0625. The Morgan fingerprint density at radius 3 is 1.50 bits per heavy atom. The first-order chi connectivity index (χ1) is 32.5. The highest BCUT2D eigenvalue weighted by Gasteiger charge is 2.52.